The third-order valence-corrected chi connectivity index (χ3v) is 2.88. The predicted octanol–water partition coefficient (Wildman–Crippen LogP) is 3.00. The molecule has 1 aliphatic carbocycles. The van der Waals surface area contributed by atoms with Crippen molar-refractivity contribution in [1.82, 2.24) is 0 Å². The van der Waals surface area contributed by atoms with Crippen LogP contribution >= 0.6 is 11.6 Å². The van der Waals surface area contributed by atoms with Crippen LogP contribution in [0.2, 0.25) is 5.02 Å². The highest BCUT2D eigenvalue weighted by atomic mass is 35.5. The largest absolute Gasteiger partial charge is 0.478 e. The zero-order valence-corrected chi connectivity index (χ0v) is 9.14. The van der Waals surface area contributed by atoms with E-state index in [1.807, 2.05) is 0 Å². The molecular formula is C11H12ClNO2. The molecule has 1 aromatic rings. The Balaban J connectivity index is 2.34. The highest BCUT2D eigenvalue weighted by molar-refractivity contribution is 6.31. The molecule has 0 radical (unpaired) electrons. The predicted molar refractivity (Wildman–Crippen MR) is 59.7 cm³/mol. The quantitative estimate of drug-likeness (QED) is 0.832. The number of benzene rings is 1. The van der Waals surface area contributed by atoms with Gasteiger partial charge >= 0.3 is 5.97 Å². The number of rotatable bonds is 3. The van der Waals surface area contributed by atoms with Crippen molar-refractivity contribution in [1.29, 1.82) is 0 Å². The molecule has 3 nitrogen and oxygen atoms in total. The minimum absolute atomic E-state index is 0.0505. The van der Waals surface area contributed by atoms with Crippen LogP contribution in [0.15, 0.2) is 18.2 Å². The normalized spacial score (nSPS) is 17.2. The molecule has 0 bridgehead atoms. The van der Waals surface area contributed by atoms with Gasteiger partial charge in [0.2, 0.25) is 0 Å². The van der Waals surface area contributed by atoms with Crippen LogP contribution in [0.1, 0.15) is 30.1 Å². The van der Waals surface area contributed by atoms with E-state index in [1.54, 1.807) is 12.1 Å². The van der Waals surface area contributed by atoms with Crippen molar-refractivity contribution in [3.8, 4) is 0 Å². The van der Waals surface area contributed by atoms with E-state index in [9.17, 15) is 4.79 Å². The molecule has 2 N–H and O–H groups in total. The second-order valence-electron chi connectivity index (χ2n) is 4.18. The van der Waals surface area contributed by atoms with Gasteiger partial charge in [-0.15, -0.1) is 0 Å². The lowest BCUT2D eigenvalue weighted by atomic mass is 10.1. The number of anilines is 1. The molecule has 0 aromatic heterocycles. The average molecular weight is 226 g/mol. The lowest BCUT2D eigenvalue weighted by molar-refractivity contribution is 0.0698. The van der Waals surface area contributed by atoms with Gasteiger partial charge in [0.05, 0.1) is 11.3 Å². The molecule has 0 unspecified atom stereocenters. The van der Waals surface area contributed by atoms with Crippen molar-refractivity contribution in [2.45, 2.75) is 25.3 Å². The van der Waals surface area contributed by atoms with Crippen molar-refractivity contribution in [2.24, 2.45) is 0 Å². The number of halogens is 1. The topological polar surface area (TPSA) is 49.3 Å². The van der Waals surface area contributed by atoms with Crippen LogP contribution in [-0.2, 0) is 0 Å². The van der Waals surface area contributed by atoms with E-state index >= 15 is 0 Å². The van der Waals surface area contributed by atoms with E-state index in [2.05, 4.69) is 12.2 Å². The van der Waals surface area contributed by atoms with Gasteiger partial charge in [-0.05, 0) is 38.0 Å². The van der Waals surface area contributed by atoms with Gasteiger partial charge in [-0.3, -0.25) is 0 Å². The number of nitrogens with one attached hydrogen (secondary N) is 1. The van der Waals surface area contributed by atoms with Crippen molar-refractivity contribution in [2.75, 3.05) is 5.32 Å². The first kappa shape index (κ1) is 10.3. The second kappa shape index (κ2) is 3.42. The molecule has 1 aromatic carbocycles. The Kier molecular flexibility index (Phi) is 2.35. The number of carboxylic acid groups (broad SMARTS) is 1. The Labute approximate surface area is 93.1 Å². The summed E-state index contributed by atoms with van der Waals surface area (Å²) in [7, 11) is 0. The van der Waals surface area contributed by atoms with Crippen molar-refractivity contribution in [3.63, 3.8) is 0 Å². The molecule has 1 aliphatic rings. The summed E-state index contributed by atoms with van der Waals surface area (Å²) in [5, 5.41) is 12.8. The monoisotopic (exact) mass is 225 g/mol. The minimum atomic E-state index is -0.932. The maximum Gasteiger partial charge on any atom is 0.337 e. The van der Waals surface area contributed by atoms with E-state index in [0.717, 1.165) is 12.8 Å². The minimum Gasteiger partial charge on any atom is -0.478 e. The fourth-order valence-electron chi connectivity index (χ4n) is 1.44. The number of hydrogen-bond donors (Lipinski definition) is 2. The van der Waals surface area contributed by atoms with Crippen LogP contribution < -0.4 is 5.32 Å². The fourth-order valence-corrected chi connectivity index (χ4v) is 1.62. The second-order valence-corrected chi connectivity index (χ2v) is 4.62. The molecule has 4 heteroatoms. The zero-order chi connectivity index (χ0) is 11.1. The lowest BCUT2D eigenvalue weighted by Crippen LogP contribution is -2.18. The van der Waals surface area contributed by atoms with Gasteiger partial charge < -0.3 is 10.4 Å². The van der Waals surface area contributed by atoms with E-state index in [0.29, 0.717) is 10.7 Å². The summed E-state index contributed by atoms with van der Waals surface area (Å²) >= 11 is 5.84. The highest BCUT2D eigenvalue weighted by Crippen LogP contribution is 2.39. The van der Waals surface area contributed by atoms with E-state index in [4.69, 9.17) is 16.7 Å². The maximum atomic E-state index is 11.0. The number of carbonyl (C=O) groups is 1. The van der Waals surface area contributed by atoms with Gasteiger partial charge in [0.15, 0.2) is 0 Å². The molecule has 1 fully saturated rings. The van der Waals surface area contributed by atoms with Crippen LogP contribution in [0.5, 0.6) is 0 Å². The van der Waals surface area contributed by atoms with E-state index in [1.165, 1.54) is 6.07 Å². The third kappa shape index (κ3) is 2.23. The molecule has 0 saturated heterocycles. The first-order valence-corrected chi connectivity index (χ1v) is 5.19. The zero-order valence-electron chi connectivity index (χ0n) is 8.38. The highest BCUT2D eigenvalue weighted by Gasteiger charge is 2.37. The van der Waals surface area contributed by atoms with Gasteiger partial charge in [-0.1, -0.05) is 11.6 Å². The number of carboxylic acids is 1. The van der Waals surface area contributed by atoms with E-state index in [-0.39, 0.29) is 11.1 Å². The Morgan fingerprint density at radius 1 is 1.53 bits per heavy atom. The Morgan fingerprint density at radius 2 is 2.20 bits per heavy atom. The Hall–Kier alpha value is -1.22. The molecule has 0 heterocycles. The molecular weight excluding hydrogens is 214 g/mol. The standard InChI is InChI=1S/C11H12ClNO2/c1-11(4-5-11)13-9-6-7(12)2-3-8(9)10(14)15/h2-3,6,13H,4-5H2,1H3,(H,14,15). The van der Waals surface area contributed by atoms with Crippen LogP contribution in [0.3, 0.4) is 0 Å². The Morgan fingerprint density at radius 3 is 2.73 bits per heavy atom. The first-order chi connectivity index (χ1) is 7.00. The molecule has 15 heavy (non-hydrogen) atoms. The summed E-state index contributed by atoms with van der Waals surface area (Å²) < 4.78 is 0. The van der Waals surface area contributed by atoms with Crippen molar-refractivity contribution in [3.05, 3.63) is 28.8 Å². The van der Waals surface area contributed by atoms with Gasteiger partial charge in [0.1, 0.15) is 0 Å². The molecule has 0 aliphatic heterocycles. The molecule has 80 valence electrons. The SMILES string of the molecule is CC1(Nc2cc(Cl)ccc2C(=O)O)CC1. The van der Waals surface area contributed by atoms with Gasteiger partial charge in [-0.25, -0.2) is 4.79 Å². The smallest absolute Gasteiger partial charge is 0.337 e. The molecule has 0 spiro atoms. The molecule has 0 amide bonds. The van der Waals surface area contributed by atoms with Crippen molar-refractivity contribution < 1.29 is 9.90 Å². The summed E-state index contributed by atoms with van der Waals surface area (Å²) in [6.45, 7) is 2.07. The van der Waals surface area contributed by atoms with E-state index < -0.39 is 5.97 Å². The molecule has 1 saturated carbocycles. The third-order valence-electron chi connectivity index (χ3n) is 2.65. The maximum absolute atomic E-state index is 11.0. The van der Waals surface area contributed by atoms with Crippen LogP contribution in [0.25, 0.3) is 0 Å². The summed E-state index contributed by atoms with van der Waals surface area (Å²) in [5.74, 6) is -0.932. The summed E-state index contributed by atoms with van der Waals surface area (Å²) in [4.78, 5) is 11.0. The Bertz CT molecular complexity index is 413. The first-order valence-electron chi connectivity index (χ1n) is 4.81. The van der Waals surface area contributed by atoms with Crippen LogP contribution in [0.4, 0.5) is 5.69 Å². The van der Waals surface area contributed by atoms with Gasteiger partial charge in [0.25, 0.3) is 0 Å². The number of aromatic carboxylic acids is 1. The molecule has 0 atom stereocenters. The summed E-state index contributed by atoms with van der Waals surface area (Å²) in [6, 6.07) is 4.78. The van der Waals surface area contributed by atoms with Crippen molar-refractivity contribution >= 4 is 23.3 Å². The van der Waals surface area contributed by atoms with Gasteiger partial charge in [-0.2, -0.15) is 0 Å². The average Bonchev–Trinajstić information content (AvgIpc) is 2.82. The lowest BCUT2D eigenvalue weighted by Gasteiger charge is -2.15. The fraction of sp³-hybridized carbons (Fsp3) is 0.364. The van der Waals surface area contributed by atoms with Crippen LogP contribution in [0, 0.1) is 0 Å². The summed E-state index contributed by atoms with van der Waals surface area (Å²) in [5.41, 5.74) is 0.928. The van der Waals surface area contributed by atoms with Gasteiger partial charge in [0, 0.05) is 10.6 Å². The molecule has 2 rings (SSSR count). The number of hydrogen-bond acceptors (Lipinski definition) is 2. The summed E-state index contributed by atoms with van der Waals surface area (Å²) in [6.07, 6.45) is 2.14. The van der Waals surface area contributed by atoms with Crippen LogP contribution in [-0.4, -0.2) is 16.6 Å².